The summed E-state index contributed by atoms with van der Waals surface area (Å²) in [5.74, 6) is 8.56. The van der Waals surface area contributed by atoms with Gasteiger partial charge in [-0.25, -0.2) is 14.6 Å². The molecule has 0 spiro atoms. The Bertz CT molecular complexity index is 7150. The molecule has 0 saturated carbocycles. The summed E-state index contributed by atoms with van der Waals surface area (Å²) in [4.78, 5) is 16.5. The quantitative estimate of drug-likeness (QED) is 0.0342. The van der Waals surface area contributed by atoms with Gasteiger partial charge in [0.15, 0.2) is 34.6 Å². The summed E-state index contributed by atoms with van der Waals surface area (Å²) in [5, 5.41) is 105. The lowest BCUT2D eigenvalue weighted by atomic mass is 10.1. The van der Waals surface area contributed by atoms with Crippen LogP contribution in [0.4, 0.5) is 0 Å². The molecule has 127 heavy (non-hydrogen) atoms. The van der Waals surface area contributed by atoms with Gasteiger partial charge in [0.1, 0.15) is 69.0 Å². The van der Waals surface area contributed by atoms with E-state index in [1.165, 1.54) is 38.8 Å². The second-order valence-electron chi connectivity index (χ2n) is 28.7. The van der Waals surface area contributed by atoms with E-state index in [0.29, 0.717) is 46.1 Å². The average molecular weight is 1750 g/mol. The van der Waals surface area contributed by atoms with Gasteiger partial charge in [-0.3, -0.25) is 0 Å². The van der Waals surface area contributed by atoms with Crippen molar-refractivity contribution in [2.45, 2.75) is 0 Å². The van der Waals surface area contributed by atoms with Crippen LogP contribution >= 0.6 is 45.3 Å². The van der Waals surface area contributed by atoms with Gasteiger partial charge in [0.2, 0.25) is 0 Å². The van der Waals surface area contributed by atoms with Crippen LogP contribution in [-0.4, -0.2) is 101 Å². The first-order valence-corrected chi connectivity index (χ1v) is 42.6. The third-order valence-electron chi connectivity index (χ3n) is 19.6. The number of ether oxygens (including phenoxy) is 4. The highest BCUT2D eigenvalue weighted by Gasteiger charge is 2.23. The van der Waals surface area contributed by atoms with Gasteiger partial charge in [0, 0.05) is 60.6 Å². The largest absolute Gasteiger partial charge is 0.508 e. The fraction of sp³-hybridized carbons (Fsp3) is 0.0303. The van der Waals surface area contributed by atoms with E-state index in [1.807, 2.05) is 230 Å². The van der Waals surface area contributed by atoms with Crippen LogP contribution < -0.4 is 18.9 Å². The Morgan fingerprint density at radius 2 is 0.669 bits per heavy atom. The molecule has 0 aliphatic rings. The number of aromatic nitrogens is 12. The highest BCUT2D eigenvalue weighted by Crippen LogP contribution is 2.52. The number of rotatable bonds is 20. The number of hydrogen-bond acceptors (Lipinski definition) is 24. The molecule has 0 radical (unpaired) electrons. The highest BCUT2D eigenvalue weighted by atomic mass is 32.1. The number of nitrogens with one attached hydrogen (secondary N) is 1. The Morgan fingerprint density at radius 3 is 0.969 bits per heavy atom. The molecule has 0 bridgehead atoms. The maximum Gasteiger partial charge on any atom is 0.197 e. The molecule has 12 aromatic carbocycles. The van der Waals surface area contributed by atoms with Crippen molar-refractivity contribution in [1.29, 1.82) is 0 Å². The Labute approximate surface area is 741 Å². The Morgan fingerprint density at radius 1 is 0.339 bits per heavy atom. The summed E-state index contributed by atoms with van der Waals surface area (Å²) in [5.41, 5.74) is 9.61. The number of nitrogens with zero attached hydrogens (tertiary/aromatic N) is 11. The van der Waals surface area contributed by atoms with Crippen molar-refractivity contribution in [1.82, 2.24) is 59.9 Å². The molecule has 0 unspecified atom stereocenters. The van der Waals surface area contributed by atoms with E-state index in [4.69, 9.17) is 18.9 Å². The highest BCUT2D eigenvalue weighted by molar-refractivity contribution is 7.24. The zero-order chi connectivity index (χ0) is 87.4. The lowest BCUT2D eigenvalue weighted by Crippen LogP contribution is -1.93. The van der Waals surface area contributed by atoms with E-state index < -0.39 is 0 Å². The molecule has 20 rings (SSSR count). The first-order chi connectivity index (χ1) is 61.8. The molecule has 626 valence electrons. The summed E-state index contributed by atoms with van der Waals surface area (Å²) in [6.07, 6.45) is 22.6. The monoisotopic (exact) mass is 1750 g/mol. The molecule has 0 aliphatic carbocycles. The third-order valence-corrected chi connectivity index (χ3v) is 24.3. The lowest BCUT2D eigenvalue weighted by molar-refractivity contribution is 0.474. The van der Waals surface area contributed by atoms with Crippen molar-refractivity contribution in [3.8, 4) is 134 Å². The van der Waals surface area contributed by atoms with Crippen molar-refractivity contribution >= 4 is 134 Å². The molecule has 28 heteroatoms. The smallest absolute Gasteiger partial charge is 0.197 e. The number of hydrogen-bond donors (Lipinski definition) is 9. The summed E-state index contributed by atoms with van der Waals surface area (Å²) in [6.45, 7) is 0. The molecule has 0 saturated heterocycles. The predicted molar refractivity (Wildman–Crippen MR) is 504 cm³/mol. The van der Waals surface area contributed by atoms with Gasteiger partial charge in [-0.05, 0) is 303 Å². The number of aromatic amines is 1. The van der Waals surface area contributed by atoms with E-state index in [-0.39, 0.29) is 46.0 Å². The number of tetrazole rings is 2. The third kappa shape index (κ3) is 20.2. The van der Waals surface area contributed by atoms with E-state index in [0.717, 1.165) is 127 Å². The molecule has 0 atom stereocenters. The van der Waals surface area contributed by atoms with Crippen molar-refractivity contribution in [3.05, 3.63) is 337 Å². The fourth-order valence-corrected chi connectivity index (χ4v) is 17.9. The number of thiophene rings is 4. The molecule has 9 N–H and O–H groups in total. The van der Waals surface area contributed by atoms with Crippen molar-refractivity contribution in [2.24, 2.45) is 21.1 Å². The minimum absolute atomic E-state index is 0.204. The fourth-order valence-electron chi connectivity index (χ4n) is 13.3. The normalized spacial score (nSPS) is 11.4. The molecule has 8 heterocycles. The number of fused-ring (bicyclic) bond motifs is 4. The van der Waals surface area contributed by atoms with Gasteiger partial charge in [-0.15, -0.1) is 60.6 Å². The standard InChI is InChI=1S/C26H20N2O3S.C25H18N2O3S.2C24H18N4O3S/c1-28-15-19(27-16-28)7-2-17-3-11-22(12-4-17)31-25-23-13-10-21(30)14-24(23)32-26(25)18-5-8-20(29)9-6-18;28-19-7-4-17(5-8-19)25-24(22-12-9-20(29)13-23(22)31-25)30-21-10-2-16(3-11-21)1-6-18-14-26-15-27-18;1-28-22(25-26-27-28)13-4-15-2-10-19(11-3-15)31-23-20-12-9-18(30)14-21(20)32-24(23)16-5-7-17(29)8-6-16;1-28-26-22(25-27-28)13-4-15-2-10-19(11-3-15)31-23-20-12-9-18(30)14-21(20)32-24(23)16-5-7-17(29)8-6-16/h2-16,29-30H,1H3;1-15,28-29H,(H,26,27);2*2-14,29-30H,1H3/b7-2+;6-1+;2*13-4+. The van der Waals surface area contributed by atoms with Crippen molar-refractivity contribution < 1.29 is 59.8 Å². The van der Waals surface area contributed by atoms with Gasteiger partial charge >= 0.3 is 0 Å². The van der Waals surface area contributed by atoms with Crippen LogP contribution in [0.25, 0.3) is 131 Å². The number of H-pyrrole nitrogens is 1. The second kappa shape index (κ2) is 37.5. The number of aromatic hydroxyl groups is 8. The number of phenolic OH excluding ortho intramolecular Hbond substituents is 8. The molecule has 0 fully saturated rings. The van der Waals surface area contributed by atoms with Crippen LogP contribution in [0.5, 0.6) is 92.0 Å². The van der Waals surface area contributed by atoms with Crippen molar-refractivity contribution in [2.75, 3.05) is 0 Å². The van der Waals surface area contributed by atoms with Gasteiger partial charge < -0.3 is 69.4 Å². The molecular weight excluding hydrogens is 1680 g/mol. The van der Waals surface area contributed by atoms with Gasteiger partial charge in [-0.1, -0.05) is 72.8 Å². The van der Waals surface area contributed by atoms with E-state index in [9.17, 15) is 40.9 Å². The van der Waals surface area contributed by atoms with Crippen LogP contribution in [-0.2, 0) is 21.1 Å². The zero-order valence-corrected chi connectivity index (χ0v) is 70.9. The Kier molecular flexibility index (Phi) is 24.5. The number of phenols is 8. The summed E-state index contributed by atoms with van der Waals surface area (Å²) in [6, 6.07) is 80.1. The average Bonchev–Trinajstić information content (AvgIpc) is 1.64. The SMILES string of the molecule is Cn1cnc(/C=C/c2ccc(Oc3c(-c4ccc(O)cc4)sc4cc(O)ccc34)cc2)c1.Cn1nnc(/C=C/c2ccc(Oc3c(-c4ccc(O)cc4)sc4cc(O)ccc34)cc2)n1.Cn1nnnc1/C=C/c1ccc(Oc2c(-c3ccc(O)cc3)sc3cc(O)ccc23)cc1.Oc1ccc(-c2sc3cc(O)ccc3c2Oc2ccc(/C=C/c3cnc[nH]3)cc2)cc1. The number of aryl methyl sites for hydroxylation is 3. The predicted octanol–water partition coefficient (Wildman–Crippen LogP) is 24.3. The molecule has 24 nitrogen and oxygen atoms in total. The summed E-state index contributed by atoms with van der Waals surface area (Å²) < 4.78 is 32.5. The maximum atomic E-state index is 9.91. The molecule has 20 aromatic rings. The summed E-state index contributed by atoms with van der Waals surface area (Å²) in [7, 11) is 5.45. The minimum Gasteiger partial charge on any atom is -0.508 e. The van der Waals surface area contributed by atoms with Crippen LogP contribution in [0.2, 0.25) is 0 Å². The van der Waals surface area contributed by atoms with Crippen LogP contribution in [0, 0.1) is 0 Å². The van der Waals surface area contributed by atoms with Crippen molar-refractivity contribution in [3.63, 3.8) is 0 Å². The molecule has 0 amide bonds. The van der Waals surface area contributed by atoms with Crippen LogP contribution in [0.1, 0.15) is 45.3 Å². The Balaban J connectivity index is 0.000000119. The van der Waals surface area contributed by atoms with Crippen LogP contribution in [0.3, 0.4) is 0 Å². The topological polar surface area (TPSA) is 332 Å². The van der Waals surface area contributed by atoms with E-state index in [1.54, 1.807) is 152 Å². The molecule has 0 aliphatic heterocycles. The molecular formula is C99H74N12O12S4. The first-order valence-electron chi connectivity index (χ1n) is 39.3. The summed E-state index contributed by atoms with van der Waals surface area (Å²) >= 11 is 6.14. The minimum atomic E-state index is 0.204. The van der Waals surface area contributed by atoms with E-state index >= 15 is 0 Å². The zero-order valence-electron chi connectivity index (χ0n) is 67.6. The molecule has 8 aromatic heterocycles. The number of benzene rings is 12. The maximum absolute atomic E-state index is 9.91. The lowest BCUT2D eigenvalue weighted by Gasteiger charge is -2.09. The Hall–Kier alpha value is -16.4. The second-order valence-corrected chi connectivity index (χ2v) is 32.9. The van der Waals surface area contributed by atoms with Crippen LogP contribution in [0.15, 0.2) is 292 Å². The first kappa shape index (κ1) is 82.9. The van der Waals surface area contributed by atoms with Gasteiger partial charge in [-0.2, -0.15) is 4.80 Å². The van der Waals surface area contributed by atoms with Gasteiger partial charge in [0.05, 0.1) is 56.8 Å². The van der Waals surface area contributed by atoms with E-state index in [2.05, 4.69) is 45.9 Å². The van der Waals surface area contributed by atoms with Gasteiger partial charge in [0.25, 0.3) is 0 Å². The number of imidazole rings is 2.